The molecule has 4 rings (SSSR count). The van der Waals surface area contributed by atoms with E-state index in [-0.39, 0.29) is 5.91 Å². The number of benzene rings is 1. The number of hydrogen-bond acceptors (Lipinski definition) is 4. The second-order valence-corrected chi connectivity index (χ2v) is 8.17. The van der Waals surface area contributed by atoms with E-state index in [0.29, 0.717) is 6.54 Å². The van der Waals surface area contributed by atoms with Crippen molar-refractivity contribution in [2.75, 3.05) is 17.7 Å². The van der Waals surface area contributed by atoms with E-state index in [0.717, 1.165) is 41.3 Å². The van der Waals surface area contributed by atoms with Crippen molar-refractivity contribution in [2.24, 2.45) is 7.05 Å². The Kier molecular flexibility index (Phi) is 5.39. The van der Waals surface area contributed by atoms with Crippen LogP contribution in [0.15, 0.2) is 42.6 Å². The molecule has 0 aliphatic heterocycles. The van der Waals surface area contributed by atoms with E-state index in [4.69, 9.17) is 4.74 Å². The summed E-state index contributed by atoms with van der Waals surface area (Å²) < 4.78 is 7.29. The zero-order valence-electron chi connectivity index (χ0n) is 16.2. The van der Waals surface area contributed by atoms with Gasteiger partial charge >= 0.3 is 0 Å². The second kappa shape index (κ2) is 8.10. The number of carbonyl (C=O) groups excluding carboxylic acids is 1. The summed E-state index contributed by atoms with van der Waals surface area (Å²) in [4.78, 5) is 14.5. The topological polar surface area (TPSA) is 55.3 Å². The van der Waals surface area contributed by atoms with E-state index in [9.17, 15) is 4.79 Å². The molecule has 2 N–H and O–H groups in total. The number of fused-ring (bicyclic) bond motifs is 1. The molecule has 1 aromatic carbocycles. The number of aryl methyl sites for hydroxylation is 2. The van der Waals surface area contributed by atoms with E-state index in [1.165, 1.54) is 22.6 Å². The van der Waals surface area contributed by atoms with Gasteiger partial charge in [0.25, 0.3) is 5.91 Å². The first-order valence-corrected chi connectivity index (χ1v) is 10.4. The summed E-state index contributed by atoms with van der Waals surface area (Å²) in [5.74, 6) is 0.731. The third kappa shape index (κ3) is 3.78. The van der Waals surface area contributed by atoms with Crippen LogP contribution in [0.3, 0.4) is 0 Å². The average molecular weight is 396 g/mol. The lowest BCUT2D eigenvalue weighted by Gasteiger charge is -2.14. The fourth-order valence-electron chi connectivity index (χ4n) is 3.65. The Morgan fingerprint density at radius 1 is 1.18 bits per heavy atom. The largest absolute Gasteiger partial charge is 0.497 e. The van der Waals surface area contributed by atoms with Gasteiger partial charge in [0.1, 0.15) is 10.8 Å². The zero-order valence-corrected chi connectivity index (χ0v) is 17.1. The Balaban J connectivity index is 1.59. The summed E-state index contributed by atoms with van der Waals surface area (Å²) in [5.41, 5.74) is 3.99. The smallest absolute Gasteiger partial charge is 0.258 e. The minimum Gasteiger partial charge on any atom is -0.497 e. The zero-order chi connectivity index (χ0) is 19.5. The number of anilines is 2. The van der Waals surface area contributed by atoms with Crippen molar-refractivity contribution in [3.8, 4) is 5.75 Å². The number of aromatic nitrogens is 1. The van der Waals surface area contributed by atoms with Crippen LogP contribution in [0.1, 0.15) is 39.3 Å². The van der Waals surface area contributed by atoms with Crippen molar-refractivity contribution in [3.05, 3.63) is 64.3 Å². The minimum atomic E-state index is -0.0426. The number of nitrogens with zero attached hydrogens (tertiary/aromatic N) is 1. The van der Waals surface area contributed by atoms with Crippen LogP contribution >= 0.6 is 11.3 Å². The van der Waals surface area contributed by atoms with Gasteiger partial charge in [-0.2, -0.15) is 0 Å². The summed E-state index contributed by atoms with van der Waals surface area (Å²) in [7, 11) is 3.67. The molecule has 0 atom stereocenters. The summed E-state index contributed by atoms with van der Waals surface area (Å²) in [5, 5.41) is 7.54. The van der Waals surface area contributed by atoms with Gasteiger partial charge in [-0.15, -0.1) is 11.3 Å². The van der Waals surface area contributed by atoms with Crippen molar-refractivity contribution in [1.82, 2.24) is 4.57 Å². The van der Waals surface area contributed by atoms with Crippen LogP contribution in [0.5, 0.6) is 5.75 Å². The standard InChI is InChI=1S/C22H25N3O2S/c1-25-13-5-6-16(25)14-23-22-20(18-7-3-4-8-19(18)28-22)21(26)24-15-9-11-17(27-2)12-10-15/h5-6,9-13,23H,3-4,7-8,14H2,1-2H3,(H,24,26). The maximum Gasteiger partial charge on any atom is 0.258 e. The molecular formula is C22H25N3O2S. The van der Waals surface area contributed by atoms with E-state index in [1.807, 2.05) is 43.6 Å². The van der Waals surface area contributed by atoms with Crippen molar-refractivity contribution in [2.45, 2.75) is 32.2 Å². The summed E-state index contributed by atoms with van der Waals surface area (Å²) >= 11 is 1.73. The van der Waals surface area contributed by atoms with E-state index >= 15 is 0 Å². The third-order valence-electron chi connectivity index (χ3n) is 5.23. The Bertz CT molecular complexity index is 972. The number of ether oxygens (including phenoxy) is 1. The average Bonchev–Trinajstić information content (AvgIpc) is 3.29. The Morgan fingerprint density at radius 2 is 1.96 bits per heavy atom. The van der Waals surface area contributed by atoms with Crippen LogP contribution < -0.4 is 15.4 Å². The predicted octanol–water partition coefficient (Wildman–Crippen LogP) is 4.84. The van der Waals surface area contributed by atoms with Crippen molar-refractivity contribution < 1.29 is 9.53 Å². The van der Waals surface area contributed by atoms with E-state index in [2.05, 4.69) is 21.3 Å². The molecule has 6 heteroatoms. The fraction of sp³-hybridized carbons (Fsp3) is 0.318. The van der Waals surface area contributed by atoms with E-state index < -0.39 is 0 Å². The summed E-state index contributed by atoms with van der Waals surface area (Å²) in [6.45, 7) is 0.700. The first-order chi connectivity index (χ1) is 13.7. The van der Waals surface area contributed by atoms with Crippen LogP contribution in [0.2, 0.25) is 0 Å². The van der Waals surface area contributed by atoms with Gasteiger partial charge in [0, 0.05) is 29.5 Å². The van der Waals surface area contributed by atoms with Gasteiger partial charge in [0.05, 0.1) is 19.2 Å². The third-order valence-corrected chi connectivity index (χ3v) is 6.48. The molecule has 3 aromatic rings. The summed E-state index contributed by atoms with van der Waals surface area (Å²) in [6.07, 6.45) is 6.42. The van der Waals surface area contributed by atoms with Crippen LogP contribution in [0.25, 0.3) is 0 Å². The minimum absolute atomic E-state index is 0.0426. The van der Waals surface area contributed by atoms with E-state index in [1.54, 1.807) is 18.4 Å². The van der Waals surface area contributed by atoms with Gasteiger partial charge in [0.2, 0.25) is 0 Å². The Labute approximate surface area is 169 Å². The molecule has 0 bridgehead atoms. The van der Waals surface area contributed by atoms with Gasteiger partial charge in [0.15, 0.2) is 0 Å². The van der Waals surface area contributed by atoms with Crippen LogP contribution in [-0.2, 0) is 26.4 Å². The number of rotatable bonds is 6. The molecule has 1 aliphatic carbocycles. The maximum atomic E-state index is 13.2. The van der Waals surface area contributed by atoms with Gasteiger partial charge < -0.3 is 19.9 Å². The molecule has 1 aliphatic rings. The van der Waals surface area contributed by atoms with Gasteiger partial charge in [-0.1, -0.05) is 0 Å². The number of thiophene rings is 1. The number of hydrogen-bond donors (Lipinski definition) is 2. The van der Waals surface area contributed by atoms with Crippen molar-refractivity contribution in [3.63, 3.8) is 0 Å². The molecule has 0 fully saturated rings. The molecule has 1 amide bonds. The monoisotopic (exact) mass is 395 g/mol. The number of carbonyl (C=O) groups is 1. The highest BCUT2D eigenvalue weighted by Gasteiger charge is 2.25. The van der Waals surface area contributed by atoms with Crippen molar-refractivity contribution >= 4 is 27.9 Å². The lowest BCUT2D eigenvalue weighted by atomic mass is 9.95. The van der Waals surface area contributed by atoms with Gasteiger partial charge in [-0.05, 0) is 67.6 Å². The molecule has 2 aromatic heterocycles. The first-order valence-electron chi connectivity index (χ1n) is 9.59. The molecule has 2 heterocycles. The highest BCUT2D eigenvalue weighted by atomic mass is 32.1. The quantitative estimate of drug-likeness (QED) is 0.628. The lowest BCUT2D eigenvalue weighted by molar-refractivity contribution is 0.102. The van der Waals surface area contributed by atoms with Crippen LogP contribution in [0.4, 0.5) is 10.7 Å². The molecule has 5 nitrogen and oxygen atoms in total. The van der Waals surface area contributed by atoms with Gasteiger partial charge in [-0.3, -0.25) is 4.79 Å². The molecule has 0 saturated heterocycles. The SMILES string of the molecule is COc1ccc(NC(=O)c2c(NCc3cccn3C)sc3c2CCCC3)cc1. The number of methoxy groups -OCH3 is 1. The molecular weight excluding hydrogens is 370 g/mol. The van der Waals surface area contributed by atoms with Crippen molar-refractivity contribution in [1.29, 1.82) is 0 Å². The molecule has 146 valence electrons. The molecule has 0 spiro atoms. The number of nitrogens with one attached hydrogen (secondary N) is 2. The maximum absolute atomic E-state index is 13.2. The highest BCUT2D eigenvalue weighted by molar-refractivity contribution is 7.16. The van der Waals surface area contributed by atoms with Crippen LogP contribution in [-0.4, -0.2) is 17.6 Å². The Morgan fingerprint density at radius 3 is 2.68 bits per heavy atom. The second-order valence-electron chi connectivity index (χ2n) is 7.06. The lowest BCUT2D eigenvalue weighted by Crippen LogP contribution is -2.16. The number of amides is 1. The van der Waals surface area contributed by atoms with Crippen LogP contribution in [0, 0.1) is 0 Å². The first kappa shape index (κ1) is 18.6. The fourth-order valence-corrected chi connectivity index (χ4v) is 4.93. The Hall–Kier alpha value is -2.73. The van der Waals surface area contributed by atoms with Gasteiger partial charge in [-0.25, -0.2) is 0 Å². The molecule has 0 radical (unpaired) electrons. The normalized spacial score (nSPS) is 13.1. The molecule has 28 heavy (non-hydrogen) atoms. The highest BCUT2D eigenvalue weighted by Crippen LogP contribution is 2.38. The summed E-state index contributed by atoms with van der Waals surface area (Å²) in [6, 6.07) is 11.6. The molecule has 0 saturated carbocycles. The predicted molar refractivity (Wildman–Crippen MR) is 115 cm³/mol. The molecule has 0 unspecified atom stereocenters.